The van der Waals surface area contributed by atoms with Crippen molar-refractivity contribution in [2.24, 2.45) is 0 Å². The molecule has 2 rings (SSSR count). The molecule has 5 nitrogen and oxygen atoms in total. The molecule has 0 atom stereocenters. The summed E-state index contributed by atoms with van der Waals surface area (Å²) < 4.78 is 28.9. The number of aryl methyl sites for hydroxylation is 1. The van der Waals surface area contributed by atoms with Crippen molar-refractivity contribution in [3.05, 3.63) is 29.8 Å². The van der Waals surface area contributed by atoms with E-state index < -0.39 is 10.0 Å². The van der Waals surface area contributed by atoms with E-state index in [1.807, 2.05) is 32.9 Å². The first-order chi connectivity index (χ1) is 11.5. The molecule has 0 N–H and O–H groups in total. The quantitative estimate of drug-likeness (QED) is 0.644. The monoisotopic (exact) mass is 387 g/mol. The fraction of sp³-hybridized carbons (Fsp3) is 0.438. The first-order valence-electron chi connectivity index (χ1n) is 7.88. The summed E-state index contributed by atoms with van der Waals surface area (Å²) in [6.07, 6.45) is 1.85. The van der Waals surface area contributed by atoms with Crippen LogP contribution in [0, 0.1) is 0 Å². The van der Waals surface area contributed by atoms with Crippen LogP contribution in [-0.4, -0.2) is 41.1 Å². The van der Waals surface area contributed by atoms with E-state index in [-0.39, 0.29) is 4.90 Å². The lowest BCUT2D eigenvalue weighted by molar-refractivity contribution is 0.445. The van der Waals surface area contributed by atoms with E-state index in [4.69, 9.17) is 11.6 Å². The first-order valence-corrected chi connectivity index (χ1v) is 10.7. The van der Waals surface area contributed by atoms with Gasteiger partial charge in [-0.2, -0.15) is 4.31 Å². The number of thioether (sulfide) groups is 1. The largest absolute Gasteiger partial charge is 0.319 e. The van der Waals surface area contributed by atoms with Crippen LogP contribution >= 0.6 is 23.4 Å². The number of hydrogen-bond donors (Lipinski definition) is 0. The third-order valence-electron chi connectivity index (χ3n) is 3.74. The Hall–Kier alpha value is -1.02. The van der Waals surface area contributed by atoms with Crippen LogP contribution in [0.15, 0.2) is 39.9 Å². The zero-order valence-electron chi connectivity index (χ0n) is 14.1. The highest BCUT2D eigenvalue weighted by Crippen LogP contribution is 2.27. The van der Waals surface area contributed by atoms with Crippen LogP contribution in [0.3, 0.4) is 0 Å². The van der Waals surface area contributed by atoms with Crippen LogP contribution in [0.25, 0.3) is 11.0 Å². The Morgan fingerprint density at radius 1 is 1.29 bits per heavy atom. The highest BCUT2D eigenvalue weighted by molar-refractivity contribution is 7.99. The summed E-state index contributed by atoms with van der Waals surface area (Å²) in [5.41, 5.74) is 3.12. The molecule has 1 aromatic carbocycles. The fourth-order valence-electron chi connectivity index (χ4n) is 2.54. The Kier molecular flexibility index (Phi) is 6.74. The summed E-state index contributed by atoms with van der Waals surface area (Å²) in [6, 6.07) is 5.16. The third kappa shape index (κ3) is 3.79. The number of halogens is 1. The lowest BCUT2D eigenvalue weighted by atomic mass is 10.3. The van der Waals surface area contributed by atoms with E-state index in [0.29, 0.717) is 18.6 Å². The van der Waals surface area contributed by atoms with Crippen LogP contribution in [0.1, 0.15) is 20.8 Å². The molecule has 1 heterocycles. The molecule has 0 aliphatic rings. The van der Waals surface area contributed by atoms with Gasteiger partial charge in [-0.1, -0.05) is 43.3 Å². The molecule has 0 saturated heterocycles. The van der Waals surface area contributed by atoms with Gasteiger partial charge in [0.25, 0.3) is 0 Å². The van der Waals surface area contributed by atoms with Crippen molar-refractivity contribution in [2.45, 2.75) is 37.4 Å². The van der Waals surface area contributed by atoms with Gasteiger partial charge >= 0.3 is 0 Å². The smallest absolute Gasteiger partial charge is 0.243 e. The van der Waals surface area contributed by atoms with Crippen LogP contribution in [0.2, 0.25) is 0 Å². The van der Waals surface area contributed by atoms with Crippen LogP contribution in [0.5, 0.6) is 0 Å². The second-order valence-corrected chi connectivity index (χ2v) is 8.23. The molecule has 0 bridgehead atoms. The van der Waals surface area contributed by atoms with Crippen molar-refractivity contribution in [3.8, 4) is 0 Å². The molecule has 2 aromatic rings. The molecule has 0 unspecified atom stereocenters. The zero-order chi connectivity index (χ0) is 17.7. The van der Waals surface area contributed by atoms with Gasteiger partial charge in [0.15, 0.2) is 5.16 Å². The lowest BCUT2D eigenvalue weighted by Gasteiger charge is -2.18. The predicted molar refractivity (Wildman–Crippen MR) is 101 cm³/mol. The topological polar surface area (TPSA) is 55.2 Å². The molecule has 0 fully saturated rings. The van der Waals surface area contributed by atoms with E-state index in [0.717, 1.165) is 23.0 Å². The number of sulfonamides is 1. The number of nitrogens with zero attached hydrogens (tertiary/aromatic N) is 3. The van der Waals surface area contributed by atoms with Crippen LogP contribution in [-0.2, 0) is 16.6 Å². The van der Waals surface area contributed by atoms with Crippen molar-refractivity contribution in [2.75, 3.05) is 18.8 Å². The summed E-state index contributed by atoms with van der Waals surface area (Å²) in [5, 5.41) is 0.861. The van der Waals surface area contributed by atoms with Crippen molar-refractivity contribution >= 4 is 44.4 Å². The Morgan fingerprint density at radius 2 is 2.00 bits per heavy atom. The minimum absolute atomic E-state index is 0.289. The van der Waals surface area contributed by atoms with Gasteiger partial charge in [0.1, 0.15) is 0 Å². The molecule has 0 aliphatic carbocycles. The van der Waals surface area contributed by atoms with Gasteiger partial charge in [0, 0.05) is 30.9 Å². The predicted octanol–water partition coefficient (Wildman–Crippen LogP) is 3.93. The second-order valence-electron chi connectivity index (χ2n) is 5.05. The van der Waals surface area contributed by atoms with Gasteiger partial charge in [-0.25, -0.2) is 13.4 Å². The van der Waals surface area contributed by atoms with E-state index in [1.165, 1.54) is 9.84 Å². The minimum atomic E-state index is -3.48. The molecular weight excluding hydrogens is 366 g/mol. The molecule has 8 heteroatoms. The second kappa shape index (κ2) is 8.38. The molecule has 24 heavy (non-hydrogen) atoms. The first kappa shape index (κ1) is 19.3. The average Bonchev–Trinajstić information content (AvgIpc) is 2.92. The molecule has 0 spiro atoms. The Labute approximate surface area is 152 Å². The number of aromatic nitrogens is 2. The van der Waals surface area contributed by atoms with Gasteiger partial charge in [-0.15, -0.1) is 0 Å². The van der Waals surface area contributed by atoms with E-state index in [2.05, 4.69) is 9.55 Å². The van der Waals surface area contributed by atoms with Gasteiger partial charge in [0.2, 0.25) is 10.0 Å². The zero-order valence-corrected chi connectivity index (χ0v) is 16.5. The molecule has 0 saturated carbocycles. The number of benzene rings is 1. The maximum atomic E-state index is 12.7. The van der Waals surface area contributed by atoms with Crippen LogP contribution in [0.4, 0.5) is 0 Å². The summed E-state index contributed by atoms with van der Waals surface area (Å²) >= 11 is 7.13. The number of rotatable bonds is 8. The van der Waals surface area contributed by atoms with Crippen molar-refractivity contribution in [1.29, 1.82) is 0 Å². The summed E-state index contributed by atoms with van der Waals surface area (Å²) in [6.45, 7) is 7.39. The highest BCUT2D eigenvalue weighted by Gasteiger charge is 2.22. The van der Waals surface area contributed by atoms with Gasteiger partial charge < -0.3 is 4.57 Å². The molecule has 0 amide bonds. The van der Waals surface area contributed by atoms with E-state index in [1.54, 1.807) is 23.9 Å². The number of fused-ring (bicyclic) bond motifs is 1. The summed E-state index contributed by atoms with van der Waals surface area (Å²) in [4.78, 5) is 4.90. The molecule has 0 radical (unpaired) electrons. The van der Waals surface area contributed by atoms with Gasteiger partial charge in [-0.05, 0) is 25.1 Å². The standard InChI is InChI=1S/C16H22ClN3O2S2/c1-4-19(5-2)24(21,22)13-8-9-15-14(12-13)18-16(20(15)6-3)23-11-7-10-17/h7-10,12H,4-6,11H2,1-3H3/b10-7+. The van der Waals surface area contributed by atoms with Crippen molar-refractivity contribution < 1.29 is 8.42 Å². The van der Waals surface area contributed by atoms with Crippen molar-refractivity contribution in [1.82, 2.24) is 13.9 Å². The average molecular weight is 388 g/mol. The lowest BCUT2D eigenvalue weighted by Crippen LogP contribution is -2.30. The Morgan fingerprint density at radius 3 is 2.58 bits per heavy atom. The van der Waals surface area contributed by atoms with Gasteiger partial charge in [0.05, 0.1) is 15.9 Å². The summed E-state index contributed by atoms with van der Waals surface area (Å²) in [5.74, 6) is 0.720. The molecule has 132 valence electrons. The molecule has 1 aromatic heterocycles. The maximum Gasteiger partial charge on any atom is 0.243 e. The van der Waals surface area contributed by atoms with Gasteiger partial charge in [-0.3, -0.25) is 0 Å². The van der Waals surface area contributed by atoms with E-state index >= 15 is 0 Å². The number of imidazole rings is 1. The third-order valence-corrected chi connectivity index (χ3v) is 6.89. The van der Waals surface area contributed by atoms with E-state index in [9.17, 15) is 8.42 Å². The molecular formula is C16H22ClN3O2S2. The van der Waals surface area contributed by atoms with Crippen LogP contribution < -0.4 is 0 Å². The maximum absolute atomic E-state index is 12.7. The number of hydrogen-bond acceptors (Lipinski definition) is 4. The fourth-order valence-corrected chi connectivity index (χ4v) is 5.10. The highest BCUT2D eigenvalue weighted by atomic mass is 35.5. The minimum Gasteiger partial charge on any atom is -0.319 e. The van der Waals surface area contributed by atoms with Crippen molar-refractivity contribution in [3.63, 3.8) is 0 Å². The SMILES string of the molecule is CCN(CC)S(=O)(=O)c1ccc2c(c1)nc(SC/C=C/Cl)n2CC. The Bertz CT molecular complexity index is 827. The summed E-state index contributed by atoms with van der Waals surface area (Å²) in [7, 11) is -3.48. The Balaban J connectivity index is 2.48. The normalized spacial score (nSPS) is 12.7. The molecule has 0 aliphatic heterocycles.